The molecule has 1 atom stereocenters. The lowest BCUT2D eigenvalue weighted by Gasteiger charge is -2.09. The van der Waals surface area contributed by atoms with Gasteiger partial charge in [-0.15, -0.1) is 0 Å². The maximum absolute atomic E-state index is 5.94. The Hall–Kier alpha value is -2.27. The first-order valence-corrected chi connectivity index (χ1v) is 6.94. The van der Waals surface area contributed by atoms with Crippen molar-refractivity contribution in [1.82, 2.24) is 15.1 Å². The van der Waals surface area contributed by atoms with Crippen LogP contribution in [0.1, 0.15) is 24.3 Å². The molecule has 0 fully saturated rings. The van der Waals surface area contributed by atoms with E-state index in [0.717, 1.165) is 34.6 Å². The summed E-state index contributed by atoms with van der Waals surface area (Å²) in [6.07, 6.45) is 3.86. The fourth-order valence-corrected chi connectivity index (χ4v) is 2.37. The maximum Gasteiger partial charge on any atom is 0.176 e. The number of hydrogen-bond donors (Lipinski definition) is 1. The Kier molecular flexibility index (Phi) is 3.66. The Balaban J connectivity index is 1.76. The molecule has 0 spiro atoms. The lowest BCUT2D eigenvalue weighted by Crippen LogP contribution is -2.17. The number of furan rings is 1. The van der Waals surface area contributed by atoms with E-state index in [1.807, 2.05) is 37.6 Å². The van der Waals surface area contributed by atoms with E-state index in [1.54, 1.807) is 11.8 Å². The highest BCUT2D eigenvalue weighted by atomic mass is 16.5. The smallest absolute Gasteiger partial charge is 0.176 e. The van der Waals surface area contributed by atoms with E-state index >= 15 is 0 Å². The van der Waals surface area contributed by atoms with E-state index in [9.17, 15) is 0 Å². The molecule has 21 heavy (non-hydrogen) atoms. The Morgan fingerprint density at radius 3 is 3.00 bits per heavy atom. The molecule has 0 bridgehead atoms. The molecule has 2 aromatic heterocycles. The molecule has 0 radical (unpaired) electrons. The van der Waals surface area contributed by atoms with Crippen LogP contribution in [-0.4, -0.2) is 16.9 Å². The van der Waals surface area contributed by atoms with Gasteiger partial charge in [-0.25, -0.2) is 0 Å². The lowest BCUT2D eigenvalue weighted by atomic mass is 10.2. The fourth-order valence-electron chi connectivity index (χ4n) is 2.37. The number of benzene rings is 1. The highest BCUT2D eigenvalue weighted by Crippen LogP contribution is 2.30. The van der Waals surface area contributed by atoms with Crippen molar-refractivity contribution in [2.75, 3.05) is 7.11 Å². The number of fused-ring (bicyclic) bond motifs is 1. The van der Waals surface area contributed by atoms with Crippen molar-refractivity contribution in [1.29, 1.82) is 0 Å². The molecular formula is C16H19N3O2. The van der Waals surface area contributed by atoms with Crippen LogP contribution in [0.15, 0.2) is 41.1 Å². The Morgan fingerprint density at radius 2 is 2.29 bits per heavy atom. The highest BCUT2D eigenvalue weighted by Gasteiger charge is 2.13. The third kappa shape index (κ3) is 2.78. The number of aromatic nitrogens is 2. The molecular weight excluding hydrogens is 266 g/mol. The standard InChI is InChI=1S/C16H19N3O2/c1-11(17-8-12-9-18-19(2)10-12)15-7-13-5-4-6-14(20-3)16(13)21-15/h4-7,9-11,17H,8H2,1-3H3. The van der Waals surface area contributed by atoms with Crippen molar-refractivity contribution in [3.8, 4) is 5.75 Å². The predicted octanol–water partition coefficient (Wildman–Crippen LogP) is 3.03. The van der Waals surface area contributed by atoms with Crippen molar-refractivity contribution in [2.45, 2.75) is 19.5 Å². The number of nitrogens with one attached hydrogen (secondary N) is 1. The van der Waals surface area contributed by atoms with E-state index < -0.39 is 0 Å². The van der Waals surface area contributed by atoms with E-state index in [1.165, 1.54) is 0 Å². The first-order chi connectivity index (χ1) is 10.2. The molecule has 1 aromatic carbocycles. The van der Waals surface area contributed by atoms with Crippen molar-refractivity contribution in [2.24, 2.45) is 7.05 Å². The first kappa shape index (κ1) is 13.7. The molecule has 3 aromatic rings. The molecule has 0 saturated carbocycles. The van der Waals surface area contributed by atoms with Gasteiger partial charge < -0.3 is 14.5 Å². The Bertz CT molecular complexity index is 745. The average molecular weight is 285 g/mol. The summed E-state index contributed by atoms with van der Waals surface area (Å²) in [4.78, 5) is 0. The van der Waals surface area contributed by atoms with Crippen molar-refractivity contribution in [3.05, 3.63) is 48.0 Å². The van der Waals surface area contributed by atoms with Gasteiger partial charge in [-0.3, -0.25) is 4.68 Å². The second-order valence-corrected chi connectivity index (χ2v) is 5.15. The number of rotatable bonds is 5. The molecule has 1 unspecified atom stereocenters. The van der Waals surface area contributed by atoms with Gasteiger partial charge in [0.1, 0.15) is 5.76 Å². The fraction of sp³-hybridized carbons (Fsp3) is 0.312. The number of ether oxygens (including phenoxy) is 1. The molecule has 3 rings (SSSR count). The van der Waals surface area contributed by atoms with Gasteiger partial charge in [0.05, 0.1) is 19.3 Å². The van der Waals surface area contributed by atoms with E-state index in [0.29, 0.717) is 0 Å². The Labute approximate surface area is 123 Å². The molecule has 0 aliphatic heterocycles. The van der Waals surface area contributed by atoms with Crippen LogP contribution in [0, 0.1) is 0 Å². The van der Waals surface area contributed by atoms with Gasteiger partial charge >= 0.3 is 0 Å². The quantitative estimate of drug-likeness (QED) is 0.783. The maximum atomic E-state index is 5.94. The summed E-state index contributed by atoms with van der Waals surface area (Å²) in [6.45, 7) is 2.84. The van der Waals surface area contributed by atoms with Crippen LogP contribution < -0.4 is 10.1 Å². The number of para-hydroxylation sites is 1. The zero-order chi connectivity index (χ0) is 14.8. The monoisotopic (exact) mass is 285 g/mol. The molecule has 1 N–H and O–H groups in total. The predicted molar refractivity (Wildman–Crippen MR) is 81.2 cm³/mol. The number of aryl methyl sites for hydroxylation is 1. The minimum absolute atomic E-state index is 0.113. The molecule has 0 aliphatic rings. The molecule has 5 nitrogen and oxygen atoms in total. The summed E-state index contributed by atoms with van der Waals surface area (Å²) in [7, 11) is 3.57. The second kappa shape index (κ2) is 5.61. The summed E-state index contributed by atoms with van der Waals surface area (Å²) in [5, 5.41) is 8.66. The zero-order valence-electron chi connectivity index (χ0n) is 12.5. The SMILES string of the molecule is COc1cccc2cc(C(C)NCc3cnn(C)c3)oc12. The first-order valence-electron chi connectivity index (χ1n) is 6.94. The molecule has 110 valence electrons. The third-order valence-corrected chi connectivity index (χ3v) is 3.54. The van der Waals surface area contributed by atoms with Crippen molar-refractivity contribution >= 4 is 11.0 Å². The molecule has 5 heteroatoms. The largest absolute Gasteiger partial charge is 0.493 e. The van der Waals surface area contributed by atoms with Gasteiger partial charge in [-0.05, 0) is 19.1 Å². The summed E-state index contributed by atoms with van der Waals surface area (Å²) in [5.74, 6) is 1.66. The van der Waals surface area contributed by atoms with E-state index in [-0.39, 0.29) is 6.04 Å². The summed E-state index contributed by atoms with van der Waals surface area (Å²) in [6, 6.07) is 8.07. The number of hydrogen-bond acceptors (Lipinski definition) is 4. The number of nitrogens with zero attached hydrogens (tertiary/aromatic N) is 2. The zero-order valence-corrected chi connectivity index (χ0v) is 12.5. The van der Waals surface area contributed by atoms with Crippen LogP contribution in [0.2, 0.25) is 0 Å². The minimum atomic E-state index is 0.113. The second-order valence-electron chi connectivity index (χ2n) is 5.15. The highest BCUT2D eigenvalue weighted by molar-refractivity contribution is 5.83. The summed E-state index contributed by atoms with van der Waals surface area (Å²) >= 11 is 0. The van der Waals surface area contributed by atoms with Crippen LogP contribution in [0.25, 0.3) is 11.0 Å². The topological polar surface area (TPSA) is 52.2 Å². The van der Waals surface area contributed by atoms with E-state index in [4.69, 9.17) is 9.15 Å². The van der Waals surface area contributed by atoms with Crippen molar-refractivity contribution in [3.63, 3.8) is 0 Å². The molecule has 2 heterocycles. The van der Waals surface area contributed by atoms with Gasteiger partial charge in [0.15, 0.2) is 11.3 Å². The third-order valence-electron chi connectivity index (χ3n) is 3.54. The van der Waals surface area contributed by atoms with Crippen LogP contribution in [0.5, 0.6) is 5.75 Å². The average Bonchev–Trinajstić information content (AvgIpc) is 3.10. The van der Waals surface area contributed by atoms with E-state index in [2.05, 4.69) is 23.4 Å². The van der Waals surface area contributed by atoms with Gasteiger partial charge in [0.2, 0.25) is 0 Å². The van der Waals surface area contributed by atoms with Gasteiger partial charge in [0.25, 0.3) is 0 Å². The number of methoxy groups -OCH3 is 1. The minimum Gasteiger partial charge on any atom is -0.493 e. The van der Waals surface area contributed by atoms with Gasteiger partial charge in [0, 0.05) is 30.7 Å². The molecule has 0 aliphatic carbocycles. The Morgan fingerprint density at radius 1 is 1.43 bits per heavy atom. The van der Waals surface area contributed by atoms with Crippen molar-refractivity contribution < 1.29 is 9.15 Å². The van der Waals surface area contributed by atoms with Gasteiger partial charge in [-0.2, -0.15) is 5.10 Å². The van der Waals surface area contributed by atoms with Crippen LogP contribution in [-0.2, 0) is 13.6 Å². The van der Waals surface area contributed by atoms with Gasteiger partial charge in [-0.1, -0.05) is 12.1 Å². The normalized spacial score (nSPS) is 12.7. The molecule has 0 saturated heterocycles. The van der Waals surface area contributed by atoms with Crippen LogP contribution in [0.3, 0.4) is 0 Å². The van der Waals surface area contributed by atoms with Crippen LogP contribution >= 0.6 is 0 Å². The summed E-state index contributed by atoms with van der Waals surface area (Å²) in [5.41, 5.74) is 1.95. The molecule has 0 amide bonds. The summed E-state index contributed by atoms with van der Waals surface area (Å²) < 4.78 is 13.1. The lowest BCUT2D eigenvalue weighted by molar-refractivity contribution is 0.399. The van der Waals surface area contributed by atoms with Crippen LogP contribution in [0.4, 0.5) is 0 Å².